The molecule has 4 N–H and O–H groups in total. The first-order valence-electron chi connectivity index (χ1n) is 10.9. The van der Waals surface area contributed by atoms with E-state index < -0.39 is 17.8 Å². The number of hydrogen-bond acceptors (Lipinski definition) is 8. The number of carbonyl (C=O) groups is 3. The Morgan fingerprint density at radius 2 is 1.19 bits per heavy atom. The van der Waals surface area contributed by atoms with Gasteiger partial charge in [-0.15, -0.1) is 0 Å². The first-order valence-corrected chi connectivity index (χ1v) is 10.9. The smallest absolute Gasteiger partial charge is 0.355 e. The van der Waals surface area contributed by atoms with E-state index in [-0.39, 0.29) is 38.2 Å². The summed E-state index contributed by atoms with van der Waals surface area (Å²) in [5.74, 6) is -1.45. The van der Waals surface area contributed by atoms with Gasteiger partial charge in [-0.2, -0.15) is 0 Å². The van der Waals surface area contributed by atoms with Crippen molar-refractivity contribution in [2.24, 2.45) is 0 Å². The Morgan fingerprint density at radius 1 is 0.750 bits per heavy atom. The van der Waals surface area contributed by atoms with Crippen LogP contribution in [-0.2, 0) is 39.1 Å². The van der Waals surface area contributed by atoms with Crippen LogP contribution in [0.3, 0.4) is 0 Å². The van der Waals surface area contributed by atoms with Crippen molar-refractivity contribution >= 4 is 34.8 Å². The zero-order valence-corrected chi connectivity index (χ0v) is 20.6. The molecule has 0 saturated carbocycles. The maximum absolute atomic E-state index is 13.1. The fraction of sp³-hybridized carbons (Fsp3) is 0.348. The molecule has 0 aliphatic carbocycles. The fourth-order valence-electron chi connectivity index (χ4n) is 3.58. The topological polar surface area (TPSA) is 153 Å². The molecule has 3 aromatic rings. The molecule has 3 aromatic heterocycles. The van der Waals surface area contributed by atoms with Gasteiger partial charge in [0.15, 0.2) is 0 Å². The van der Waals surface area contributed by atoms with Crippen molar-refractivity contribution in [3.05, 3.63) is 53.9 Å². The molecule has 0 unspecified atom stereocenters. The number of nitrogen functional groups attached to an aromatic ring is 1. The number of ether oxygens (including phenoxy) is 4. The highest BCUT2D eigenvalue weighted by Gasteiger charge is 2.20. The maximum atomic E-state index is 13.1. The van der Waals surface area contributed by atoms with Gasteiger partial charge in [0.2, 0.25) is 0 Å². The Labute approximate surface area is 207 Å². The summed E-state index contributed by atoms with van der Waals surface area (Å²) in [5.41, 5.74) is 7.71. The average Bonchev–Trinajstić information content (AvgIpc) is 3.52. The molecule has 0 saturated heterocycles. The molecule has 2 amide bonds. The quantitative estimate of drug-likeness (QED) is 0.319. The molecule has 0 bridgehead atoms. The van der Waals surface area contributed by atoms with E-state index in [2.05, 4.69) is 10.6 Å². The highest BCUT2D eigenvalue weighted by atomic mass is 16.5. The zero-order valence-electron chi connectivity index (χ0n) is 20.6. The number of anilines is 3. The van der Waals surface area contributed by atoms with Gasteiger partial charge in [-0.3, -0.25) is 9.59 Å². The normalized spacial score (nSPS) is 10.9. The number of hydrogen-bond donors (Lipinski definition) is 3. The number of nitrogens with one attached hydrogen (secondary N) is 2. The fourth-order valence-corrected chi connectivity index (χ4v) is 3.58. The third-order valence-electron chi connectivity index (χ3n) is 4.98. The van der Waals surface area contributed by atoms with Gasteiger partial charge in [0.25, 0.3) is 11.8 Å². The molecule has 0 radical (unpaired) electrons. The molecule has 13 nitrogen and oxygen atoms in total. The van der Waals surface area contributed by atoms with E-state index in [9.17, 15) is 14.4 Å². The average molecular weight is 503 g/mol. The van der Waals surface area contributed by atoms with Gasteiger partial charge < -0.3 is 49.0 Å². The third-order valence-corrected chi connectivity index (χ3v) is 4.98. The lowest BCUT2D eigenvalue weighted by Gasteiger charge is -2.07. The Hall–Kier alpha value is -4.07. The van der Waals surface area contributed by atoms with E-state index in [4.69, 9.17) is 24.7 Å². The van der Waals surface area contributed by atoms with Gasteiger partial charge in [-0.25, -0.2) is 4.79 Å². The summed E-state index contributed by atoms with van der Waals surface area (Å²) >= 11 is 0. The summed E-state index contributed by atoms with van der Waals surface area (Å²) in [7, 11) is 4.48. The molecule has 3 heterocycles. The number of carbonyl (C=O) groups excluding carboxylic acids is 3. The number of amides is 2. The van der Waals surface area contributed by atoms with E-state index >= 15 is 0 Å². The van der Waals surface area contributed by atoms with Crippen LogP contribution in [0.25, 0.3) is 0 Å². The molecule has 13 heteroatoms. The Bertz CT molecular complexity index is 1230. The molecule has 0 aromatic carbocycles. The molecule has 0 spiro atoms. The lowest BCUT2D eigenvalue weighted by atomic mass is 10.3. The first-order chi connectivity index (χ1) is 17.3. The van der Waals surface area contributed by atoms with Crippen molar-refractivity contribution in [2.75, 3.05) is 44.3 Å². The van der Waals surface area contributed by atoms with Crippen molar-refractivity contribution in [1.82, 2.24) is 13.7 Å². The molecule has 0 atom stereocenters. The number of methoxy groups -OCH3 is 3. The van der Waals surface area contributed by atoms with E-state index in [0.29, 0.717) is 22.8 Å². The van der Waals surface area contributed by atoms with Gasteiger partial charge in [-0.1, -0.05) is 0 Å². The number of esters is 1. The van der Waals surface area contributed by atoms with Crippen LogP contribution in [0.5, 0.6) is 0 Å². The minimum absolute atomic E-state index is 0.0599. The van der Waals surface area contributed by atoms with Crippen LogP contribution >= 0.6 is 0 Å². The molecule has 0 aliphatic heterocycles. The zero-order chi connectivity index (χ0) is 26.2. The highest BCUT2D eigenvalue weighted by molar-refractivity contribution is 6.07. The monoisotopic (exact) mass is 502 g/mol. The van der Waals surface area contributed by atoms with Crippen molar-refractivity contribution < 1.29 is 33.3 Å². The number of nitrogens with two attached hydrogens (primary N) is 1. The number of nitrogens with zero attached hydrogens (tertiary/aromatic N) is 3. The first kappa shape index (κ1) is 26.5. The standard InChI is InChI=1S/C23H30N6O7/c1-5-36-23(32)20-8-17(11-29(20)14-35-4)26-22(31)19-7-16(10-28(19)13-34-3)25-21(30)18-6-15(24)9-27(18)12-33-2/h6-11H,5,12-14,24H2,1-4H3,(H,25,30)(H,26,31). The van der Waals surface area contributed by atoms with Crippen molar-refractivity contribution in [1.29, 1.82) is 0 Å². The lowest BCUT2D eigenvalue weighted by molar-refractivity contribution is 0.0494. The third kappa shape index (κ3) is 6.13. The van der Waals surface area contributed by atoms with Crippen molar-refractivity contribution in [3.8, 4) is 0 Å². The van der Waals surface area contributed by atoms with E-state index in [1.165, 1.54) is 48.7 Å². The summed E-state index contributed by atoms with van der Waals surface area (Å²) in [4.78, 5) is 38.2. The molecule has 0 aliphatic rings. The summed E-state index contributed by atoms with van der Waals surface area (Å²) in [6.07, 6.45) is 4.73. The molecule has 3 rings (SSSR count). The van der Waals surface area contributed by atoms with E-state index in [0.717, 1.165) is 0 Å². The van der Waals surface area contributed by atoms with Gasteiger partial charge in [0.05, 0.1) is 23.7 Å². The van der Waals surface area contributed by atoms with Crippen molar-refractivity contribution in [3.63, 3.8) is 0 Å². The van der Waals surface area contributed by atoms with Crippen LogP contribution in [0.1, 0.15) is 38.4 Å². The van der Waals surface area contributed by atoms with Crippen LogP contribution in [0.2, 0.25) is 0 Å². The van der Waals surface area contributed by atoms with E-state index in [1.54, 1.807) is 30.1 Å². The van der Waals surface area contributed by atoms with Crippen LogP contribution in [0, 0.1) is 0 Å². The molecular formula is C23H30N6O7. The Balaban J connectivity index is 1.82. The minimum atomic E-state index is -0.540. The van der Waals surface area contributed by atoms with Gasteiger partial charge in [0, 0.05) is 39.9 Å². The molecular weight excluding hydrogens is 472 g/mol. The van der Waals surface area contributed by atoms with Crippen LogP contribution < -0.4 is 16.4 Å². The Kier molecular flexibility index (Phi) is 8.89. The predicted octanol–water partition coefficient (Wildman–Crippen LogP) is 2.17. The largest absolute Gasteiger partial charge is 0.461 e. The summed E-state index contributed by atoms with van der Waals surface area (Å²) < 4.78 is 25.1. The second-order valence-electron chi connectivity index (χ2n) is 7.68. The maximum Gasteiger partial charge on any atom is 0.355 e. The number of aromatic nitrogens is 3. The second kappa shape index (κ2) is 12.1. The predicted molar refractivity (Wildman–Crippen MR) is 131 cm³/mol. The summed E-state index contributed by atoms with van der Waals surface area (Å²) in [5, 5.41) is 5.51. The van der Waals surface area contributed by atoms with Crippen LogP contribution in [0.15, 0.2) is 36.8 Å². The highest BCUT2D eigenvalue weighted by Crippen LogP contribution is 2.21. The summed E-state index contributed by atoms with van der Waals surface area (Å²) in [6.45, 7) is 2.21. The number of rotatable bonds is 12. The van der Waals surface area contributed by atoms with Crippen LogP contribution in [-0.4, -0.2) is 59.4 Å². The van der Waals surface area contributed by atoms with E-state index in [1.807, 2.05) is 0 Å². The van der Waals surface area contributed by atoms with Gasteiger partial charge >= 0.3 is 5.97 Å². The van der Waals surface area contributed by atoms with Gasteiger partial charge in [-0.05, 0) is 25.1 Å². The Morgan fingerprint density at radius 3 is 1.69 bits per heavy atom. The van der Waals surface area contributed by atoms with Gasteiger partial charge in [0.1, 0.15) is 37.3 Å². The SMILES string of the molecule is CCOC(=O)c1cc(NC(=O)c2cc(NC(=O)c3cc(N)cn3COC)cn2COC)cn1COC. The second-order valence-corrected chi connectivity index (χ2v) is 7.68. The lowest BCUT2D eigenvalue weighted by Crippen LogP contribution is -2.17. The van der Waals surface area contributed by atoms with Crippen molar-refractivity contribution in [2.45, 2.75) is 27.1 Å². The molecule has 0 fully saturated rings. The summed E-state index contributed by atoms with van der Waals surface area (Å²) in [6, 6.07) is 4.53. The molecule has 36 heavy (non-hydrogen) atoms. The minimum Gasteiger partial charge on any atom is -0.461 e. The van der Waals surface area contributed by atoms with Crippen LogP contribution in [0.4, 0.5) is 17.1 Å². The molecule has 194 valence electrons.